The summed E-state index contributed by atoms with van der Waals surface area (Å²) in [5, 5.41) is 0. The minimum absolute atomic E-state index is 0.224. The van der Waals surface area contributed by atoms with Crippen molar-refractivity contribution >= 4 is 65.7 Å². The molecule has 0 fully saturated rings. The van der Waals surface area contributed by atoms with E-state index in [1.807, 2.05) is 0 Å². The average molecular weight is 539 g/mol. The Balaban J connectivity index is 4.87. The molecule has 24 heavy (non-hydrogen) atoms. The van der Waals surface area contributed by atoms with Crippen molar-refractivity contribution in [1.82, 2.24) is 0 Å². The standard InChI is InChI=1S/C15H23Br3O6/c1-13(2,16)10(19)22-7-9(24-12(21)15(5,6)18)8-23-11(20)14(3,4)17/h9H,7-8H2,1-6H3. The summed E-state index contributed by atoms with van der Waals surface area (Å²) in [5.41, 5.74) is 0. The number of carbonyl (C=O) groups excluding carboxylic acids is 3. The zero-order valence-corrected chi connectivity index (χ0v) is 19.3. The van der Waals surface area contributed by atoms with Gasteiger partial charge in [0.05, 0.1) is 0 Å². The van der Waals surface area contributed by atoms with Gasteiger partial charge in [-0.25, -0.2) is 0 Å². The van der Waals surface area contributed by atoms with Crippen LogP contribution in [0.2, 0.25) is 0 Å². The van der Waals surface area contributed by atoms with Crippen LogP contribution in [0.3, 0.4) is 0 Å². The molecule has 0 spiro atoms. The molecule has 6 nitrogen and oxygen atoms in total. The van der Waals surface area contributed by atoms with Crippen molar-refractivity contribution in [3.8, 4) is 0 Å². The first-order valence-electron chi connectivity index (χ1n) is 7.17. The highest BCUT2D eigenvalue weighted by Gasteiger charge is 2.33. The van der Waals surface area contributed by atoms with Gasteiger partial charge in [-0.05, 0) is 41.5 Å². The summed E-state index contributed by atoms with van der Waals surface area (Å²) >= 11 is 9.56. The molecule has 0 amide bonds. The van der Waals surface area contributed by atoms with E-state index in [4.69, 9.17) is 14.2 Å². The van der Waals surface area contributed by atoms with Gasteiger partial charge in [-0.1, -0.05) is 47.8 Å². The van der Waals surface area contributed by atoms with Gasteiger partial charge in [0.2, 0.25) is 0 Å². The van der Waals surface area contributed by atoms with E-state index in [-0.39, 0.29) is 13.2 Å². The highest BCUT2D eigenvalue weighted by atomic mass is 79.9. The second-order valence-corrected chi connectivity index (χ2v) is 12.6. The molecule has 0 unspecified atom stereocenters. The minimum atomic E-state index is -0.914. The molecule has 0 aliphatic heterocycles. The lowest BCUT2D eigenvalue weighted by Gasteiger charge is -2.24. The molecule has 0 bridgehead atoms. The average Bonchev–Trinajstić information content (AvgIpc) is 2.37. The molecular weight excluding hydrogens is 516 g/mol. The van der Waals surface area contributed by atoms with E-state index in [9.17, 15) is 14.4 Å². The Morgan fingerprint density at radius 3 is 1.25 bits per heavy atom. The van der Waals surface area contributed by atoms with Gasteiger partial charge >= 0.3 is 17.9 Å². The van der Waals surface area contributed by atoms with Crippen molar-refractivity contribution in [3.05, 3.63) is 0 Å². The second kappa shape index (κ2) is 8.98. The van der Waals surface area contributed by atoms with Crippen LogP contribution in [-0.2, 0) is 28.6 Å². The van der Waals surface area contributed by atoms with E-state index in [0.29, 0.717) is 0 Å². The summed E-state index contributed by atoms with van der Waals surface area (Å²) in [7, 11) is 0. The first kappa shape index (κ1) is 23.9. The molecule has 0 rings (SSSR count). The number of ether oxygens (including phenoxy) is 3. The Hall–Kier alpha value is -0.150. The Kier molecular flexibility index (Phi) is 8.93. The van der Waals surface area contributed by atoms with E-state index in [0.717, 1.165) is 0 Å². The Morgan fingerprint density at radius 1 is 0.708 bits per heavy atom. The van der Waals surface area contributed by atoms with Crippen molar-refractivity contribution < 1.29 is 28.6 Å². The van der Waals surface area contributed by atoms with Gasteiger partial charge < -0.3 is 14.2 Å². The summed E-state index contributed by atoms with van der Waals surface area (Å²) in [6.45, 7) is 9.31. The van der Waals surface area contributed by atoms with Crippen molar-refractivity contribution in [2.75, 3.05) is 13.2 Å². The fraction of sp³-hybridized carbons (Fsp3) is 0.800. The number of alkyl halides is 3. The lowest BCUT2D eigenvalue weighted by atomic mass is 10.2. The van der Waals surface area contributed by atoms with Crippen LogP contribution in [0.5, 0.6) is 0 Å². The summed E-state index contributed by atoms with van der Waals surface area (Å²) in [4.78, 5) is 35.6. The number of hydrogen-bond acceptors (Lipinski definition) is 6. The monoisotopic (exact) mass is 536 g/mol. The maximum Gasteiger partial charge on any atom is 0.322 e. The third kappa shape index (κ3) is 9.36. The van der Waals surface area contributed by atoms with Gasteiger partial charge in [0.1, 0.15) is 26.2 Å². The van der Waals surface area contributed by atoms with E-state index in [1.165, 1.54) is 0 Å². The van der Waals surface area contributed by atoms with Crippen LogP contribution < -0.4 is 0 Å². The molecular formula is C15H23Br3O6. The number of carbonyl (C=O) groups is 3. The van der Waals surface area contributed by atoms with Crippen molar-refractivity contribution in [1.29, 1.82) is 0 Å². The highest BCUT2D eigenvalue weighted by molar-refractivity contribution is 9.10. The molecule has 0 aromatic carbocycles. The quantitative estimate of drug-likeness (QED) is 0.267. The maximum absolute atomic E-state index is 12.0. The summed E-state index contributed by atoms with van der Waals surface area (Å²) in [5.74, 6) is -1.60. The Labute approximate surface area is 167 Å². The molecule has 0 saturated heterocycles. The van der Waals surface area contributed by atoms with E-state index in [2.05, 4.69) is 47.8 Å². The Morgan fingerprint density at radius 2 is 1.00 bits per heavy atom. The molecule has 0 N–H and O–H groups in total. The molecule has 0 aromatic rings. The van der Waals surface area contributed by atoms with Crippen LogP contribution in [-0.4, -0.2) is 50.2 Å². The smallest absolute Gasteiger partial charge is 0.322 e. The molecule has 0 atom stereocenters. The van der Waals surface area contributed by atoms with Crippen LogP contribution in [0.4, 0.5) is 0 Å². The fourth-order valence-corrected chi connectivity index (χ4v) is 1.41. The van der Waals surface area contributed by atoms with Gasteiger partial charge in [0.15, 0.2) is 6.10 Å². The van der Waals surface area contributed by atoms with Crippen LogP contribution in [0.25, 0.3) is 0 Å². The largest absolute Gasteiger partial charge is 0.461 e. The number of halogens is 3. The first-order valence-corrected chi connectivity index (χ1v) is 9.55. The third-order valence-electron chi connectivity index (χ3n) is 2.53. The summed E-state index contributed by atoms with van der Waals surface area (Å²) in [6, 6.07) is 0. The molecule has 0 saturated carbocycles. The minimum Gasteiger partial charge on any atom is -0.461 e. The van der Waals surface area contributed by atoms with Crippen LogP contribution >= 0.6 is 47.8 Å². The van der Waals surface area contributed by atoms with E-state index >= 15 is 0 Å². The van der Waals surface area contributed by atoms with Crippen LogP contribution in [0.15, 0.2) is 0 Å². The topological polar surface area (TPSA) is 78.9 Å². The molecule has 0 aliphatic rings. The predicted molar refractivity (Wildman–Crippen MR) is 101 cm³/mol. The van der Waals surface area contributed by atoms with Gasteiger partial charge in [0.25, 0.3) is 0 Å². The van der Waals surface area contributed by atoms with Crippen LogP contribution in [0.1, 0.15) is 41.5 Å². The Bertz CT molecular complexity index is 441. The molecule has 0 aromatic heterocycles. The SMILES string of the molecule is CC(C)(Br)C(=O)OCC(COC(=O)C(C)(C)Br)OC(=O)C(C)(C)Br. The lowest BCUT2D eigenvalue weighted by molar-refractivity contribution is -0.168. The second-order valence-electron chi connectivity index (χ2n) is 6.64. The normalized spacial score (nSPS) is 12.8. The highest BCUT2D eigenvalue weighted by Crippen LogP contribution is 2.21. The number of hydrogen-bond donors (Lipinski definition) is 0. The van der Waals surface area contributed by atoms with Crippen molar-refractivity contribution in [3.63, 3.8) is 0 Å². The van der Waals surface area contributed by atoms with Gasteiger partial charge in [-0.15, -0.1) is 0 Å². The molecule has 0 radical (unpaired) electrons. The lowest BCUT2D eigenvalue weighted by Crippen LogP contribution is -2.39. The van der Waals surface area contributed by atoms with Gasteiger partial charge in [0, 0.05) is 0 Å². The fourth-order valence-electron chi connectivity index (χ4n) is 1.09. The van der Waals surface area contributed by atoms with E-state index < -0.39 is 37.0 Å². The van der Waals surface area contributed by atoms with E-state index in [1.54, 1.807) is 41.5 Å². The zero-order valence-electron chi connectivity index (χ0n) is 14.6. The van der Waals surface area contributed by atoms with Crippen LogP contribution in [0, 0.1) is 0 Å². The zero-order chi connectivity index (χ0) is 19.3. The molecule has 9 heteroatoms. The maximum atomic E-state index is 12.0. The van der Waals surface area contributed by atoms with Gasteiger partial charge in [-0.2, -0.15) is 0 Å². The predicted octanol–water partition coefficient (Wildman–Crippen LogP) is 3.51. The summed E-state index contributed by atoms with van der Waals surface area (Å²) in [6.07, 6.45) is -0.910. The third-order valence-corrected chi connectivity index (χ3v) is 3.50. The van der Waals surface area contributed by atoms with Crippen molar-refractivity contribution in [2.45, 2.75) is 60.6 Å². The summed E-state index contributed by atoms with van der Waals surface area (Å²) < 4.78 is 12.9. The first-order chi connectivity index (χ1) is 10.5. The molecule has 140 valence electrons. The molecule has 0 heterocycles. The number of rotatable bonds is 8. The number of esters is 3. The molecule has 0 aliphatic carbocycles. The van der Waals surface area contributed by atoms with Gasteiger partial charge in [-0.3, -0.25) is 14.4 Å². The van der Waals surface area contributed by atoms with Crippen molar-refractivity contribution in [2.24, 2.45) is 0 Å².